The SMILES string of the molecule is COCCN(C)C(C)(C(=O)O)c1c(OC)cccc1OC. The molecule has 1 rings (SSSR count). The predicted octanol–water partition coefficient (Wildman–Crippen LogP) is 1.58. The minimum Gasteiger partial charge on any atom is -0.496 e. The number of nitrogens with zero attached hydrogens (tertiary/aromatic N) is 1. The lowest BCUT2D eigenvalue weighted by molar-refractivity contribution is -0.151. The van der Waals surface area contributed by atoms with Crippen LogP contribution in [0.5, 0.6) is 11.5 Å². The highest BCUT2D eigenvalue weighted by Gasteiger charge is 2.43. The van der Waals surface area contributed by atoms with Crippen molar-refractivity contribution in [1.29, 1.82) is 0 Å². The van der Waals surface area contributed by atoms with Gasteiger partial charge in [-0.1, -0.05) is 6.07 Å². The number of aliphatic carboxylic acids is 1. The molecular weight excluding hydrogens is 274 g/mol. The topological polar surface area (TPSA) is 68.2 Å². The van der Waals surface area contributed by atoms with Crippen LogP contribution in [0, 0.1) is 0 Å². The lowest BCUT2D eigenvalue weighted by Gasteiger charge is -2.36. The second-order valence-electron chi connectivity index (χ2n) is 4.83. The maximum absolute atomic E-state index is 12.0. The third kappa shape index (κ3) is 3.28. The van der Waals surface area contributed by atoms with Crippen LogP contribution >= 0.6 is 0 Å². The zero-order valence-electron chi connectivity index (χ0n) is 13.2. The normalized spacial score (nSPS) is 13.8. The Morgan fingerprint density at radius 2 is 1.76 bits per heavy atom. The molecule has 0 aliphatic carbocycles. The molecule has 6 nitrogen and oxygen atoms in total. The van der Waals surface area contributed by atoms with Gasteiger partial charge in [-0.2, -0.15) is 0 Å². The van der Waals surface area contributed by atoms with Gasteiger partial charge in [0.1, 0.15) is 17.0 Å². The van der Waals surface area contributed by atoms with E-state index in [1.807, 2.05) is 0 Å². The number of carboxylic acids is 1. The fourth-order valence-corrected chi connectivity index (χ4v) is 2.24. The van der Waals surface area contributed by atoms with E-state index >= 15 is 0 Å². The minimum atomic E-state index is -1.30. The molecule has 21 heavy (non-hydrogen) atoms. The molecule has 0 aliphatic rings. The summed E-state index contributed by atoms with van der Waals surface area (Å²) in [5.41, 5.74) is -0.808. The van der Waals surface area contributed by atoms with Crippen molar-refractivity contribution in [1.82, 2.24) is 4.90 Å². The molecule has 0 heterocycles. The van der Waals surface area contributed by atoms with Gasteiger partial charge in [0.05, 0.1) is 26.4 Å². The Balaban J connectivity index is 3.44. The summed E-state index contributed by atoms with van der Waals surface area (Å²) in [6.45, 7) is 2.52. The Hall–Kier alpha value is -1.79. The molecule has 0 aliphatic heterocycles. The van der Waals surface area contributed by atoms with E-state index < -0.39 is 11.5 Å². The highest BCUT2D eigenvalue weighted by molar-refractivity contribution is 5.82. The quantitative estimate of drug-likeness (QED) is 0.786. The van der Waals surface area contributed by atoms with Crippen LogP contribution in [0.25, 0.3) is 0 Å². The Morgan fingerprint density at radius 1 is 1.24 bits per heavy atom. The van der Waals surface area contributed by atoms with Crippen molar-refractivity contribution in [3.8, 4) is 11.5 Å². The first-order valence-electron chi connectivity index (χ1n) is 6.58. The van der Waals surface area contributed by atoms with E-state index in [4.69, 9.17) is 14.2 Å². The summed E-state index contributed by atoms with van der Waals surface area (Å²) in [7, 11) is 6.33. The second-order valence-corrected chi connectivity index (χ2v) is 4.83. The molecule has 1 N–H and O–H groups in total. The van der Waals surface area contributed by atoms with E-state index in [1.54, 1.807) is 44.2 Å². The number of ether oxygens (including phenoxy) is 3. The van der Waals surface area contributed by atoms with Crippen LogP contribution in [0.3, 0.4) is 0 Å². The van der Waals surface area contributed by atoms with Gasteiger partial charge in [0.25, 0.3) is 0 Å². The third-order valence-corrected chi connectivity index (χ3v) is 3.73. The van der Waals surface area contributed by atoms with Gasteiger partial charge in [-0.05, 0) is 26.1 Å². The molecule has 1 aromatic rings. The standard InChI is InChI=1S/C15H23NO5/c1-15(14(17)18,16(2)9-10-19-3)13-11(20-4)7-6-8-12(13)21-5/h6-8H,9-10H2,1-5H3,(H,17,18). The summed E-state index contributed by atoms with van der Waals surface area (Å²) in [6, 6.07) is 5.21. The summed E-state index contributed by atoms with van der Waals surface area (Å²) in [4.78, 5) is 13.7. The first kappa shape index (κ1) is 17.3. The molecule has 118 valence electrons. The molecule has 1 aromatic carbocycles. The Labute approximate surface area is 125 Å². The lowest BCUT2D eigenvalue weighted by Crippen LogP contribution is -2.49. The number of rotatable bonds is 8. The van der Waals surface area contributed by atoms with Crippen LogP contribution in [0.15, 0.2) is 18.2 Å². The van der Waals surface area contributed by atoms with Gasteiger partial charge in [-0.25, -0.2) is 4.79 Å². The number of hydrogen-bond donors (Lipinski definition) is 1. The van der Waals surface area contributed by atoms with Crippen LogP contribution in [0.2, 0.25) is 0 Å². The molecular formula is C15H23NO5. The van der Waals surface area contributed by atoms with E-state index in [0.717, 1.165) is 0 Å². The molecule has 0 aromatic heterocycles. The Kier molecular flexibility index (Phi) is 5.99. The molecule has 0 spiro atoms. The summed E-state index contributed by atoms with van der Waals surface area (Å²) in [5, 5.41) is 9.80. The Morgan fingerprint density at radius 3 is 2.14 bits per heavy atom. The molecule has 0 saturated heterocycles. The predicted molar refractivity (Wildman–Crippen MR) is 79.0 cm³/mol. The maximum Gasteiger partial charge on any atom is 0.328 e. The molecule has 0 amide bonds. The molecule has 1 unspecified atom stereocenters. The van der Waals surface area contributed by atoms with E-state index in [9.17, 15) is 9.90 Å². The van der Waals surface area contributed by atoms with Crippen molar-refractivity contribution in [3.63, 3.8) is 0 Å². The zero-order chi connectivity index (χ0) is 16.0. The summed E-state index contributed by atoms with van der Waals surface area (Å²) < 4.78 is 15.7. The van der Waals surface area contributed by atoms with Crippen molar-refractivity contribution in [2.24, 2.45) is 0 Å². The van der Waals surface area contributed by atoms with Crippen molar-refractivity contribution >= 4 is 5.97 Å². The van der Waals surface area contributed by atoms with Gasteiger partial charge in [0.15, 0.2) is 0 Å². The molecule has 0 fully saturated rings. The summed E-state index contributed by atoms with van der Waals surface area (Å²) in [6.07, 6.45) is 0. The highest BCUT2D eigenvalue weighted by Crippen LogP contribution is 2.40. The van der Waals surface area contributed by atoms with E-state index in [-0.39, 0.29) is 0 Å². The average molecular weight is 297 g/mol. The number of benzene rings is 1. The third-order valence-electron chi connectivity index (χ3n) is 3.73. The van der Waals surface area contributed by atoms with Crippen molar-refractivity contribution in [3.05, 3.63) is 23.8 Å². The maximum atomic E-state index is 12.0. The number of carbonyl (C=O) groups is 1. The fourth-order valence-electron chi connectivity index (χ4n) is 2.24. The first-order chi connectivity index (χ1) is 9.93. The van der Waals surface area contributed by atoms with Crippen molar-refractivity contribution < 1.29 is 24.1 Å². The molecule has 0 radical (unpaired) electrons. The first-order valence-corrected chi connectivity index (χ1v) is 6.58. The van der Waals surface area contributed by atoms with Crippen LogP contribution in [0.4, 0.5) is 0 Å². The van der Waals surface area contributed by atoms with Gasteiger partial charge in [-0.15, -0.1) is 0 Å². The number of methoxy groups -OCH3 is 3. The average Bonchev–Trinajstić information content (AvgIpc) is 2.50. The van der Waals surface area contributed by atoms with Crippen LogP contribution < -0.4 is 9.47 Å². The van der Waals surface area contributed by atoms with E-state index in [0.29, 0.717) is 30.2 Å². The van der Waals surface area contributed by atoms with Gasteiger partial charge in [0.2, 0.25) is 0 Å². The summed E-state index contributed by atoms with van der Waals surface area (Å²) in [5.74, 6) is -0.0315. The number of hydrogen-bond acceptors (Lipinski definition) is 5. The van der Waals surface area contributed by atoms with Crippen LogP contribution in [-0.2, 0) is 15.1 Å². The number of likely N-dealkylation sites (N-methyl/N-ethyl adjacent to an activating group) is 1. The van der Waals surface area contributed by atoms with Crippen LogP contribution in [0.1, 0.15) is 12.5 Å². The highest BCUT2D eigenvalue weighted by atomic mass is 16.5. The van der Waals surface area contributed by atoms with Gasteiger partial charge in [-0.3, -0.25) is 4.90 Å². The number of carboxylic acid groups (broad SMARTS) is 1. The monoisotopic (exact) mass is 297 g/mol. The van der Waals surface area contributed by atoms with Gasteiger partial charge >= 0.3 is 5.97 Å². The fraction of sp³-hybridized carbons (Fsp3) is 0.533. The zero-order valence-corrected chi connectivity index (χ0v) is 13.2. The minimum absolute atomic E-state index is 0.427. The smallest absolute Gasteiger partial charge is 0.328 e. The van der Waals surface area contributed by atoms with Crippen molar-refractivity contribution in [2.75, 3.05) is 41.5 Å². The van der Waals surface area contributed by atoms with Gasteiger partial charge < -0.3 is 19.3 Å². The van der Waals surface area contributed by atoms with Crippen LogP contribution in [-0.4, -0.2) is 57.5 Å². The van der Waals surface area contributed by atoms with Gasteiger partial charge in [0, 0.05) is 13.7 Å². The Bertz CT molecular complexity index is 469. The largest absolute Gasteiger partial charge is 0.496 e. The molecule has 0 saturated carbocycles. The lowest BCUT2D eigenvalue weighted by atomic mass is 9.88. The van der Waals surface area contributed by atoms with Crippen molar-refractivity contribution in [2.45, 2.75) is 12.5 Å². The van der Waals surface area contributed by atoms with E-state index in [2.05, 4.69) is 0 Å². The molecule has 0 bridgehead atoms. The van der Waals surface area contributed by atoms with E-state index in [1.165, 1.54) is 14.2 Å². The second kappa shape index (κ2) is 7.28. The summed E-state index contributed by atoms with van der Waals surface area (Å²) >= 11 is 0. The molecule has 6 heteroatoms. The molecule has 1 atom stereocenters.